The van der Waals surface area contributed by atoms with E-state index in [-0.39, 0.29) is 0 Å². The van der Waals surface area contributed by atoms with E-state index in [4.69, 9.17) is 4.74 Å². The highest BCUT2D eigenvalue weighted by atomic mass is 19.4. The predicted octanol–water partition coefficient (Wildman–Crippen LogP) is 2.51. The molecule has 0 aromatic heterocycles. The number of benzene rings is 1. The van der Waals surface area contributed by atoms with Crippen LogP contribution in [-0.4, -0.2) is 68.4 Å². The van der Waals surface area contributed by atoms with Gasteiger partial charge in [-0.05, 0) is 43.5 Å². The summed E-state index contributed by atoms with van der Waals surface area (Å²) in [6.45, 7) is 3.73. The van der Waals surface area contributed by atoms with Gasteiger partial charge in [0.25, 0.3) is 0 Å². The molecule has 3 rings (SSSR count). The third-order valence-electron chi connectivity index (χ3n) is 5.11. The molecule has 1 atom stereocenters. The van der Waals surface area contributed by atoms with Crippen molar-refractivity contribution in [3.63, 3.8) is 0 Å². The van der Waals surface area contributed by atoms with Crippen molar-refractivity contribution in [1.82, 2.24) is 10.2 Å². The second kappa shape index (κ2) is 8.89. The molecule has 0 radical (unpaired) electrons. The van der Waals surface area contributed by atoms with Gasteiger partial charge in [0.2, 0.25) is 5.91 Å². The lowest BCUT2D eigenvalue weighted by atomic mass is 10.1. The van der Waals surface area contributed by atoms with Crippen LogP contribution in [-0.2, 0) is 9.53 Å². The normalized spacial score (nSPS) is 19.9. The van der Waals surface area contributed by atoms with Gasteiger partial charge in [0.1, 0.15) is 12.6 Å². The number of anilines is 2. The smallest absolute Gasteiger partial charge is 0.378 e. The second-order valence-electron chi connectivity index (χ2n) is 7.21. The maximum Gasteiger partial charge on any atom is 0.405 e. The summed E-state index contributed by atoms with van der Waals surface area (Å²) >= 11 is 0. The number of carbonyl (C=O) groups is 2. The fourth-order valence-electron chi connectivity index (χ4n) is 3.58. The average molecular weight is 414 g/mol. The summed E-state index contributed by atoms with van der Waals surface area (Å²) in [5, 5.41) is 4.65. The lowest BCUT2D eigenvalue weighted by Gasteiger charge is -2.29. The van der Waals surface area contributed by atoms with Crippen LogP contribution < -0.4 is 15.5 Å². The van der Waals surface area contributed by atoms with Crippen molar-refractivity contribution in [2.45, 2.75) is 32.0 Å². The van der Waals surface area contributed by atoms with Gasteiger partial charge in [0.05, 0.1) is 13.2 Å². The Bertz CT molecular complexity index is 751. The lowest BCUT2D eigenvalue weighted by Crippen LogP contribution is -2.49. The number of urea groups is 1. The number of nitrogens with one attached hydrogen (secondary N) is 2. The first-order valence-electron chi connectivity index (χ1n) is 9.60. The highest BCUT2D eigenvalue weighted by Gasteiger charge is 2.36. The molecule has 2 heterocycles. The van der Waals surface area contributed by atoms with Crippen LogP contribution >= 0.6 is 0 Å². The molecule has 3 amide bonds. The topological polar surface area (TPSA) is 73.9 Å². The Hall–Kier alpha value is -2.49. The molecule has 160 valence electrons. The van der Waals surface area contributed by atoms with Gasteiger partial charge in [-0.25, -0.2) is 4.79 Å². The summed E-state index contributed by atoms with van der Waals surface area (Å²) in [5.41, 5.74) is 2.50. The van der Waals surface area contributed by atoms with Crippen molar-refractivity contribution in [3.8, 4) is 0 Å². The molecule has 2 N–H and O–H groups in total. The van der Waals surface area contributed by atoms with Gasteiger partial charge < -0.3 is 25.2 Å². The van der Waals surface area contributed by atoms with E-state index >= 15 is 0 Å². The van der Waals surface area contributed by atoms with E-state index in [9.17, 15) is 22.8 Å². The van der Waals surface area contributed by atoms with Gasteiger partial charge in [-0.1, -0.05) is 0 Å². The highest BCUT2D eigenvalue weighted by molar-refractivity contribution is 5.95. The SMILES string of the molecule is Cc1cc(N2CCOCC2)ccc1NC(=O)N1CCCC1C(=O)NCC(F)(F)F. The predicted molar refractivity (Wildman–Crippen MR) is 102 cm³/mol. The summed E-state index contributed by atoms with van der Waals surface area (Å²) in [6, 6.07) is 4.29. The molecule has 7 nitrogen and oxygen atoms in total. The maximum absolute atomic E-state index is 12.7. The molecule has 10 heteroatoms. The number of carbonyl (C=O) groups excluding carboxylic acids is 2. The molecule has 0 saturated carbocycles. The Morgan fingerprint density at radius 1 is 1.21 bits per heavy atom. The number of ether oxygens (including phenoxy) is 1. The number of hydrogen-bond donors (Lipinski definition) is 2. The molecule has 2 aliphatic heterocycles. The van der Waals surface area contributed by atoms with Crippen molar-refractivity contribution in [1.29, 1.82) is 0 Å². The fraction of sp³-hybridized carbons (Fsp3) is 0.579. The van der Waals surface area contributed by atoms with Crippen LogP contribution in [0.15, 0.2) is 18.2 Å². The first-order chi connectivity index (χ1) is 13.7. The minimum atomic E-state index is -4.49. The van der Waals surface area contributed by atoms with Crippen LogP contribution in [0.1, 0.15) is 18.4 Å². The van der Waals surface area contributed by atoms with E-state index in [1.807, 2.05) is 24.4 Å². The Labute approximate surface area is 167 Å². The summed E-state index contributed by atoms with van der Waals surface area (Å²) < 4.78 is 42.4. The van der Waals surface area contributed by atoms with Crippen LogP contribution in [0.25, 0.3) is 0 Å². The number of halogens is 3. The third kappa shape index (κ3) is 5.53. The first kappa shape index (κ1) is 21.2. The number of aryl methyl sites for hydroxylation is 1. The monoisotopic (exact) mass is 414 g/mol. The number of nitrogens with zero attached hydrogens (tertiary/aromatic N) is 2. The van der Waals surface area contributed by atoms with E-state index < -0.39 is 30.7 Å². The summed E-state index contributed by atoms with van der Waals surface area (Å²) in [6.07, 6.45) is -3.58. The largest absolute Gasteiger partial charge is 0.405 e. The van der Waals surface area contributed by atoms with E-state index in [1.165, 1.54) is 4.90 Å². The van der Waals surface area contributed by atoms with Gasteiger partial charge in [0, 0.05) is 31.0 Å². The molecule has 1 unspecified atom stereocenters. The molecule has 2 fully saturated rings. The Morgan fingerprint density at radius 2 is 1.93 bits per heavy atom. The van der Waals surface area contributed by atoms with Crippen molar-refractivity contribution in [2.24, 2.45) is 0 Å². The number of morpholine rings is 1. The number of hydrogen-bond acceptors (Lipinski definition) is 4. The molecule has 0 spiro atoms. The molecule has 2 aliphatic rings. The Morgan fingerprint density at radius 3 is 2.59 bits per heavy atom. The molecule has 1 aromatic carbocycles. The number of alkyl halides is 3. The Kier molecular flexibility index (Phi) is 6.51. The van der Waals surface area contributed by atoms with Crippen molar-refractivity contribution < 1.29 is 27.5 Å². The van der Waals surface area contributed by atoms with E-state index in [0.717, 1.165) is 24.3 Å². The van der Waals surface area contributed by atoms with Crippen molar-refractivity contribution in [3.05, 3.63) is 23.8 Å². The van der Waals surface area contributed by atoms with E-state index in [1.54, 1.807) is 6.07 Å². The minimum Gasteiger partial charge on any atom is -0.378 e. The number of rotatable bonds is 4. The highest BCUT2D eigenvalue weighted by Crippen LogP contribution is 2.25. The van der Waals surface area contributed by atoms with Crippen molar-refractivity contribution in [2.75, 3.05) is 49.6 Å². The number of amides is 3. The van der Waals surface area contributed by atoms with Crippen LogP contribution in [0.2, 0.25) is 0 Å². The third-order valence-corrected chi connectivity index (χ3v) is 5.11. The maximum atomic E-state index is 12.7. The quantitative estimate of drug-likeness (QED) is 0.794. The molecule has 2 saturated heterocycles. The zero-order chi connectivity index (χ0) is 21.0. The van der Waals surface area contributed by atoms with Crippen molar-refractivity contribution >= 4 is 23.3 Å². The van der Waals surface area contributed by atoms with Crippen LogP contribution in [0.3, 0.4) is 0 Å². The molecule has 0 bridgehead atoms. The Balaban J connectivity index is 1.62. The van der Waals surface area contributed by atoms with Gasteiger partial charge in [-0.2, -0.15) is 13.2 Å². The molecule has 29 heavy (non-hydrogen) atoms. The minimum absolute atomic E-state index is 0.320. The molecule has 0 aliphatic carbocycles. The van der Waals surface area contributed by atoms with Gasteiger partial charge in [0.15, 0.2) is 0 Å². The van der Waals surface area contributed by atoms with Crippen LogP contribution in [0.5, 0.6) is 0 Å². The first-order valence-corrected chi connectivity index (χ1v) is 9.60. The van der Waals surface area contributed by atoms with Gasteiger partial charge in [-0.15, -0.1) is 0 Å². The summed E-state index contributed by atoms with van der Waals surface area (Å²) in [5.74, 6) is -0.783. The fourth-order valence-corrected chi connectivity index (χ4v) is 3.58. The second-order valence-corrected chi connectivity index (χ2v) is 7.21. The summed E-state index contributed by atoms with van der Waals surface area (Å²) in [7, 11) is 0. The standard InChI is InChI=1S/C19H25F3N4O3/c1-13-11-14(25-7-9-29-10-8-25)4-5-15(13)24-18(28)26-6-2-3-16(26)17(27)23-12-19(20,21)22/h4-5,11,16H,2-3,6-10,12H2,1H3,(H,23,27)(H,24,28). The average Bonchev–Trinajstić information content (AvgIpc) is 3.18. The van der Waals surface area contributed by atoms with Crippen LogP contribution in [0.4, 0.5) is 29.3 Å². The zero-order valence-corrected chi connectivity index (χ0v) is 16.2. The molecular weight excluding hydrogens is 389 g/mol. The lowest BCUT2D eigenvalue weighted by molar-refractivity contribution is -0.140. The van der Waals surface area contributed by atoms with Gasteiger partial charge in [-0.3, -0.25) is 4.79 Å². The summed E-state index contributed by atoms with van der Waals surface area (Å²) in [4.78, 5) is 28.2. The van der Waals surface area contributed by atoms with Gasteiger partial charge >= 0.3 is 12.2 Å². The molecular formula is C19H25F3N4O3. The van der Waals surface area contributed by atoms with E-state index in [2.05, 4.69) is 10.2 Å². The van der Waals surface area contributed by atoms with Crippen LogP contribution in [0, 0.1) is 6.92 Å². The number of likely N-dealkylation sites (tertiary alicyclic amines) is 1. The molecule has 1 aromatic rings. The van der Waals surface area contributed by atoms with E-state index in [0.29, 0.717) is 38.3 Å². The zero-order valence-electron chi connectivity index (χ0n) is 16.2.